The van der Waals surface area contributed by atoms with Crippen LogP contribution in [-0.4, -0.2) is 40.9 Å². The molecule has 0 radical (unpaired) electrons. The highest BCUT2D eigenvalue weighted by Crippen LogP contribution is 2.40. The van der Waals surface area contributed by atoms with Crippen LogP contribution < -0.4 is 15.2 Å². The topological polar surface area (TPSA) is 134 Å². The summed E-state index contributed by atoms with van der Waals surface area (Å²) in [5.41, 5.74) is -0.263. The van der Waals surface area contributed by atoms with E-state index in [1.54, 1.807) is 0 Å². The number of nitrogens with one attached hydrogen (secondary N) is 1. The molecule has 1 aliphatic rings. The van der Waals surface area contributed by atoms with Crippen molar-refractivity contribution in [3.05, 3.63) is 22.2 Å². The SMILES string of the molecule is CC(C)(C)[Si](C)(C)OCC1COc2cc(S(N)(=O)=O)cc([N+](=O)[O-])c2N1. The van der Waals surface area contributed by atoms with Gasteiger partial charge in [-0.2, -0.15) is 0 Å². The van der Waals surface area contributed by atoms with Crippen LogP contribution in [0.15, 0.2) is 17.0 Å². The Morgan fingerprint density at radius 1 is 1.42 bits per heavy atom. The van der Waals surface area contributed by atoms with Crippen LogP contribution in [-0.2, 0) is 14.4 Å². The minimum Gasteiger partial charge on any atom is -0.489 e. The summed E-state index contributed by atoms with van der Waals surface area (Å²) in [6.45, 7) is 11.1. The molecule has 9 nitrogen and oxygen atoms in total. The number of ether oxygens (including phenoxy) is 1. The molecule has 0 aromatic heterocycles. The van der Waals surface area contributed by atoms with Crippen LogP contribution in [0.1, 0.15) is 20.8 Å². The van der Waals surface area contributed by atoms with Crippen molar-refractivity contribution in [2.24, 2.45) is 5.14 Å². The monoisotopic (exact) mass is 403 g/mol. The van der Waals surface area contributed by atoms with Crippen molar-refractivity contribution in [1.82, 2.24) is 0 Å². The molecule has 0 spiro atoms. The molecule has 1 unspecified atom stereocenters. The summed E-state index contributed by atoms with van der Waals surface area (Å²) in [4.78, 5) is 10.3. The first-order valence-corrected chi connectivity index (χ1v) is 12.6. The highest BCUT2D eigenvalue weighted by atomic mass is 32.2. The Bertz CT molecular complexity index is 819. The zero-order valence-corrected chi connectivity index (χ0v) is 17.3. The highest BCUT2D eigenvalue weighted by Gasteiger charge is 2.38. The Labute approximate surface area is 154 Å². The fourth-order valence-corrected chi connectivity index (χ4v) is 3.79. The van der Waals surface area contributed by atoms with Crippen LogP contribution in [0.5, 0.6) is 5.75 Å². The van der Waals surface area contributed by atoms with E-state index >= 15 is 0 Å². The van der Waals surface area contributed by atoms with E-state index in [0.29, 0.717) is 6.61 Å². The van der Waals surface area contributed by atoms with Gasteiger partial charge in [0.2, 0.25) is 10.0 Å². The van der Waals surface area contributed by atoms with Crippen molar-refractivity contribution in [3.8, 4) is 5.75 Å². The highest BCUT2D eigenvalue weighted by molar-refractivity contribution is 7.89. The smallest absolute Gasteiger partial charge is 0.297 e. The largest absolute Gasteiger partial charge is 0.489 e. The predicted octanol–water partition coefficient (Wildman–Crippen LogP) is 2.44. The van der Waals surface area contributed by atoms with Crippen LogP contribution in [0.2, 0.25) is 18.1 Å². The van der Waals surface area contributed by atoms with Gasteiger partial charge < -0.3 is 14.5 Å². The minimum absolute atomic E-state index is 0.0385. The first-order chi connectivity index (χ1) is 11.7. The average molecular weight is 404 g/mol. The normalized spacial score (nSPS) is 17.8. The number of hydrogen-bond donors (Lipinski definition) is 2. The molecular formula is C15H25N3O6SSi. The van der Waals surface area contributed by atoms with Crippen LogP contribution >= 0.6 is 0 Å². The van der Waals surface area contributed by atoms with Gasteiger partial charge in [-0.3, -0.25) is 10.1 Å². The maximum atomic E-state index is 11.5. The Kier molecular flexibility index (Phi) is 5.39. The van der Waals surface area contributed by atoms with Gasteiger partial charge >= 0.3 is 0 Å². The number of anilines is 1. The second kappa shape index (κ2) is 6.80. The Hall–Kier alpha value is -1.69. The molecule has 0 saturated heterocycles. The summed E-state index contributed by atoms with van der Waals surface area (Å²) in [6.07, 6.45) is 0. The van der Waals surface area contributed by atoms with Crippen molar-refractivity contribution in [2.75, 3.05) is 18.5 Å². The molecule has 26 heavy (non-hydrogen) atoms. The van der Waals surface area contributed by atoms with Crippen molar-refractivity contribution < 1.29 is 22.5 Å². The molecule has 146 valence electrons. The number of nitro benzene ring substituents is 1. The van der Waals surface area contributed by atoms with Crippen molar-refractivity contribution in [1.29, 1.82) is 0 Å². The van der Waals surface area contributed by atoms with Gasteiger partial charge in [0.25, 0.3) is 5.69 Å². The van der Waals surface area contributed by atoms with Crippen molar-refractivity contribution in [3.63, 3.8) is 0 Å². The Morgan fingerprint density at radius 3 is 2.54 bits per heavy atom. The maximum Gasteiger partial charge on any atom is 0.297 e. The van der Waals surface area contributed by atoms with E-state index in [4.69, 9.17) is 14.3 Å². The molecular weight excluding hydrogens is 378 g/mol. The molecule has 1 aromatic rings. The predicted molar refractivity (Wildman–Crippen MR) is 101 cm³/mol. The third-order valence-corrected chi connectivity index (χ3v) is 10.2. The molecule has 0 saturated carbocycles. The molecule has 1 aromatic carbocycles. The van der Waals surface area contributed by atoms with Gasteiger partial charge in [-0.1, -0.05) is 20.8 Å². The second-order valence-corrected chi connectivity index (χ2v) is 14.2. The van der Waals surface area contributed by atoms with E-state index in [1.165, 1.54) is 6.07 Å². The fourth-order valence-electron chi connectivity index (χ4n) is 2.19. The van der Waals surface area contributed by atoms with Gasteiger partial charge in [-0.15, -0.1) is 0 Å². The van der Waals surface area contributed by atoms with E-state index in [-0.39, 0.29) is 34.0 Å². The third kappa shape index (κ3) is 4.34. The fraction of sp³-hybridized carbons (Fsp3) is 0.600. The lowest BCUT2D eigenvalue weighted by molar-refractivity contribution is -0.384. The number of nitrogens with zero attached hydrogens (tertiary/aromatic N) is 1. The van der Waals surface area contributed by atoms with Gasteiger partial charge in [0.05, 0.1) is 22.5 Å². The molecule has 3 N–H and O–H groups in total. The second-order valence-electron chi connectivity index (χ2n) is 7.84. The quantitative estimate of drug-likeness (QED) is 0.438. The number of fused-ring (bicyclic) bond motifs is 1. The molecule has 1 heterocycles. The van der Waals surface area contributed by atoms with E-state index in [1.807, 2.05) is 0 Å². The van der Waals surface area contributed by atoms with Crippen LogP contribution in [0.3, 0.4) is 0 Å². The Balaban J connectivity index is 2.26. The Morgan fingerprint density at radius 2 is 2.04 bits per heavy atom. The maximum absolute atomic E-state index is 11.5. The van der Waals surface area contributed by atoms with E-state index in [0.717, 1.165) is 6.07 Å². The third-order valence-electron chi connectivity index (χ3n) is 4.82. The number of hydrogen-bond acceptors (Lipinski definition) is 7. The summed E-state index contributed by atoms with van der Waals surface area (Å²) in [5.74, 6) is 0.0896. The van der Waals surface area contributed by atoms with Gasteiger partial charge in [-0.25, -0.2) is 13.6 Å². The number of benzene rings is 1. The van der Waals surface area contributed by atoms with E-state index in [9.17, 15) is 18.5 Å². The zero-order valence-electron chi connectivity index (χ0n) is 15.5. The molecule has 1 aliphatic heterocycles. The molecule has 0 aliphatic carbocycles. The van der Waals surface area contributed by atoms with Crippen molar-refractivity contribution in [2.45, 2.75) is 49.8 Å². The molecule has 2 rings (SSSR count). The number of primary sulfonamides is 1. The minimum atomic E-state index is -4.08. The number of rotatable bonds is 5. The molecule has 0 bridgehead atoms. The molecule has 0 fully saturated rings. The lowest BCUT2D eigenvalue weighted by Crippen LogP contribution is -2.45. The van der Waals surface area contributed by atoms with Crippen LogP contribution in [0.4, 0.5) is 11.4 Å². The van der Waals surface area contributed by atoms with Gasteiger partial charge in [0.15, 0.2) is 19.8 Å². The van der Waals surface area contributed by atoms with E-state index < -0.39 is 29.0 Å². The van der Waals surface area contributed by atoms with Crippen LogP contribution in [0, 0.1) is 10.1 Å². The molecule has 11 heteroatoms. The lowest BCUT2D eigenvalue weighted by Gasteiger charge is -2.38. The van der Waals surface area contributed by atoms with Crippen molar-refractivity contribution >= 4 is 29.7 Å². The van der Waals surface area contributed by atoms with Crippen LogP contribution in [0.25, 0.3) is 0 Å². The summed E-state index contributed by atoms with van der Waals surface area (Å²) < 4.78 is 34.8. The average Bonchev–Trinajstić information content (AvgIpc) is 2.49. The number of nitro groups is 1. The number of sulfonamides is 1. The van der Waals surface area contributed by atoms with Gasteiger partial charge in [0.1, 0.15) is 6.61 Å². The lowest BCUT2D eigenvalue weighted by atomic mass is 10.2. The summed E-state index contributed by atoms with van der Waals surface area (Å²) in [5, 5.41) is 19.5. The van der Waals surface area contributed by atoms with Gasteiger partial charge in [0, 0.05) is 12.1 Å². The standard InChI is InChI=1S/C15H25N3O6SSi/c1-15(2,3)26(4,5)24-9-10-8-23-13-7-11(25(16,21)22)6-12(18(19)20)14(13)17-10/h6-7,10,17H,8-9H2,1-5H3,(H2,16,21,22). The van der Waals surface area contributed by atoms with Gasteiger partial charge in [-0.05, 0) is 18.1 Å². The zero-order chi connectivity index (χ0) is 19.9. The summed E-state index contributed by atoms with van der Waals surface area (Å²) in [6, 6.07) is 1.84. The molecule has 0 amide bonds. The number of nitrogens with two attached hydrogens (primary N) is 1. The first-order valence-electron chi connectivity index (χ1n) is 8.11. The summed E-state index contributed by atoms with van der Waals surface area (Å²) in [7, 11) is -6.06. The summed E-state index contributed by atoms with van der Waals surface area (Å²) >= 11 is 0. The van der Waals surface area contributed by atoms with E-state index in [2.05, 4.69) is 39.2 Å². The first kappa shape index (κ1) is 20.6. The molecule has 1 atom stereocenters.